The van der Waals surface area contributed by atoms with Crippen LogP contribution in [0.25, 0.3) is 0 Å². The van der Waals surface area contributed by atoms with Crippen LogP contribution >= 0.6 is 11.3 Å². The molecule has 0 unspecified atom stereocenters. The molecule has 0 aromatic carbocycles. The fourth-order valence-electron chi connectivity index (χ4n) is 2.08. The van der Waals surface area contributed by atoms with Gasteiger partial charge in [0, 0.05) is 19.1 Å². The molecule has 0 saturated carbocycles. The minimum atomic E-state index is -4.49. The summed E-state index contributed by atoms with van der Waals surface area (Å²) >= 11 is 0.494. The number of halogens is 2. The van der Waals surface area contributed by atoms with E-state index in [1.807, 2.05) is 0 Å². The van der Waals surface area contributed by atoms with Crippen molar-refractivity contribution in [2.24, 2.45) is 11.7 Å². The molecule has 1 aliphatic rings. The van der Waals surface area contributed by atoms with Gasteiger partial charge in [0.2, 0.25) is 0 Å². The zero-order valence-corrected chi connectivity index (χ0v) is 13.4. The first-order valence-electron chi connectivity index (χ1n) is 6.57. The molecule has 2 rings (SSSR count). The molecule has 3 N–H and O–H groups in total. The van der Waals surface area contributed by atoms with Crippen LogP contribution in [0, 0.1) is 5.92 Å². The predicted octanol–water partition coefficient (Wildman–Crippen LogP) is 0.714. The van der Waals surface area contributed by atoms with E-state index in [0.717, 1.165) is 12.1 Å². The van der Waals surface area contributed by atoms with Crippen LogP contribution in [0.4, 0.5) is 8.78 Å². The molecule has 1 aromatic rings. The van der Waals surface area contributed by atoms with E-state index >= 15 is 0 Å². The quantitative estimate of drug-likeness (QED) is 0.794. The van der Waals surface area contributed by atoms with Crippen molar-refractivity contribution >= 4 is 33.2 Å². The summed E-state index contributed by atoms with van der Waals surface area (Å²) in [6.45, 7) is 0.181. The lowest BCUT2D eigenvalue weighted by atomic mass is 9.92. The first kappa shape index (κ1) is 17.8. The lowest BCUT2D eigenvalue weighted by molar-refractivity contribution is -0.157. The van der Waals surface area contributed by atoms with Gasteiger partial charge in [-0.1, -0.05) is 0 Å². The summed E-state index contributed by atoms with van der Waals surface area (Å²) in [6.07, 6.45) is -0.0728. The molecule has 0 atom stereocenters. The van der Waals surface area contributed by atoms with Crippen molar-refractivity contribution in [3.63, 3.8) is 0 Å². The van der Waals surface area contributed by atoms with Crippen molar-refractivity contribution in [1.29, 1.82) is 0 Å². The number of sulfonamides is 1. The van der Waals surface area contributed by atoms with E-state index in [1.165, 1.54) is 4.72 Å². The first-order chi connectivity index (χ1) is 10.6. The Balaban J connectivity index is 2.15. The summed E-state index contributed by atoms with van der Waals surface area (Å²) in [4.78, 5) is 22.6. The number of hydrogen-bond donors (Lipinski definition) is 2. The van der Waals surface area contributed by atoms with Crippen LogP contribution in [-0.2, 0) is 19.6 Å². The Kier molecular flexibility index (Phi) is 5.01. The number of nitrogens with two attached hydrogens (primary N) is 1. The maximum Gasteiger partial charge on any atom is 0.328 e. The van der Waals surface area contributed by atoms with Gasteiger partial charge in [-0.25, -0.2) is 13.1 Å². The molecule has 7 nitrogen and oxygen atoms in total. The molecule has 0 aliphatic carbocycles. The summed E-state index contributed by atoms with van der Waals surface area (Å²) in [5.74, 6) is -7.86. The number of alkyl halides is 2. The zero-order valence-electron chi connectivity index (χ0n) is 11.8. The Morgan fingerprint density at radius 3 is 2.43 bits per heavy atom. The van der Waals surface area contributed by atoms with E-state index < -0.39 is 37.9 Å². The Morgan fingerprint density at radius 1 is 1.30 bits per heavy atom. The molecule has 128 valence electrons. The molecule has 2 amide bonds. The predicted molar refractivity (Wildman–Crippen MR) is 76.7 cm³/mol. The highest BCUT2D eigenvalue weighted by Gasteiger charge is 2.48. The van der Waals surface area contributed by atoms with Crippen molar-refractivity contribution < 1.29 is 31.5 Å². The first-order valence-corrected chi connectivity index (χ1v) is 8.87. The van der Waals surface area contributed by atoms with Crippen LogP contribution in [0.2, 0.25) is 0 Å². The maximum absolute atomic E-state index is 14.1. The van der Waals surface area contributed by atoms with E-state index in [9.17, 15) is 26.8 Å². The van der Waals surface area contributed by atoms with Gasteiger partial charge < -0.3 is 10.5 Å². The number of ether oxygens (including phenoxy) is 1. The standard InChI is InChI=1S/C12H14F2N2O5S2/c13-12(14,7-3-5-21-6-4-7)11(18)16-23(19,20)9-2-1-8(22-9)10(15)17/h1-2,7H,3-6H2,(H2,15,17)(H,16,18). The number of amides is 2. The molecule has 1 saturated heterocycles. The Morgan fingerprint density at radius 2 is 1.91 bits per heavy atom. The maximum atomic E-state index is 14.1. The summed E-state index contributed by atoms with van der Waals surface area (Å²) in [5, 5.41) is 0. The molecular formula is C12H14F2N2O5S2. The molecule has 2 heterocycles. The lowest BCUT2D eigenvalue weighted by Crippen LogP contribution is -2.48. The van der Waals surface area contributed by atoms with Crippen LogP contribution in [0.5, 0.6) is 0 Å². The molecule has 0 bridgehead atoms. The van der Waals surface area contributed by atoms with Crippen LogP contribution < -0.4 is 10.5 Å². The van der Waals surface area contributed by atoms with Gasteiger partial charge in [0.25, 0.3) is 15.9 Å². The normalized spacial score (nSPS) is 17.0. The molecule has 1 aliphatic heterocycles. The average Bonchev–Trinajstić information content (AvgIpc) is 2.98. The third-order valence-electron chi connectivity index (χ3n) is 3.35. The molecule has 23 heavy (non-hydrogen) atoms. The number of hydrogen-bond acceptors (Lipinski definition) is 6. The highest BCUT2D eigenvalue weighted by Crippen LogP contribution is 2.33. The third-order valence-corrected chi connectivity index (χ3v) is 6.28. The van der Waals surface area contributed by atoms with Crippen molar-refractivity contribution in [1.82, 2.24) is 4.72 Å². The molecular weight excluding hydrogens is 354 g/mol. The monoisotopic (exact) mass is 368 g/mol. The van der Waals surface area contributed by atoms with E-state index in [2.05, 4.69) is 0 Å². The number of primary amides is 1. The van der Waals surface area contributed by atoms with Gasteiger partial charge in [0.1, 0.15) is 4.21 Å². The van der Waals surface area contributed by atoms with Crippen LogP contribution in [-0.4, -0.2) is 39.4 Å². The Bertz CT molecular complexity index is 711. The number of carbonyl (C=O) groups excluding carboxylic acids is 2. The Labute approximate surface area is 134 Å². The number of rotatable bonds is 5. The third kappa shape index (κ3) is 3.85. The second kappa shape index (κ2) is 6.49. The average molecular weight is 368 g/mol. The molecule has 0 radical (unpaired) electrons. The minimum Gasteiger partial charge on any atom is -0.381 e. The van der Waals surface area contributed by atoms with Crippen molar-refractivity contribution in [3.8, 4) is 0 Å². The van der Waals surface area contributed by atoms with Crippen molar-refractivity contribution in [2.45, 2.75) is 23.0 Å². The summed E-state index contributed by atoms with van der Waals surface area (Å²) in [7, 11) is -4.49. The fourth-order valence-corrected chi connectivity index (χ4v) is 4.23. The highest BCUT2D eigenvalue weighted by atomic mass is 32.2. The van der Waals surface area contributed by atoms with Crippen molar-refractivity contribution in [3.05, 3.63) is 17.0 Å². The SMILES string of the molecule is NC(=O)c1ccc(S(=O)(=O)NC(=O)C(F)(F)C2CCOCC2)s1. The van der Waals surface area contributed by atoms with Gasteiger partial charge in [0.15, 0.2) is 0 Å². The van der Waals surface area contributed by atoms with E-state index in [1.54, 1.807) is 0 Å². The van der Waals surface area contributed by atoms with Gasteiger partial charge in [-0.15, -0.1) is 11.3 Å². The summed E-state index contributed by atoms with van der Waals surface area (Å²) in [5.41, 5.74) is 5.00. The van der Waals surface area contributed by atoms with E-state index in [0.29, 0.717) is 11.3 Å². The number of carbonyl (C=O) groups is 2. The largest absolute Gasteiger partial charge is 0.381 e. The smallest absolute Gasteiger partial charge is 0.328 e. The summed E-state index contributed by atoms with van der Waals surface area (Å²) < 4.78 is 58.0. The van der Waals surface area contributed by atoms with Crippen LogP contribution in [0.3, 0.4) is 0 Å². The van der Waals surface area contributed by atoms with Crippen LogP contribution in [0.15, 0.2) is 16.3 Å². The second-order valence-corrected chi connectivity index (χ2v) is 7.92. The summed E-state index contributed by atoms with van der Waals surface area (Å²) in [6, 6.07) is 2.16. The zero-order chi connectivity index (χ0) is 17.3. The fraction of sp³-hybridized carbons (Fsp3) is 0.500. The minimum absolute atomic E-state index is 0.0364. The molecule has 11 heteroatoms. The van der Waals surface area contributed by atoms with Gasteiger partial charge in [-0.2, -0.15) is 8.78 Å². The van der Waals surface area contributed by atoms with Crippen LogP contribution in [0.1, 0.15) is 22.5 Å². The number of nitrogens with one attached hydrogen (secondary N) is 1. The molecule has 1 fully saturated rings. The van der Waals surface area contributed by atoms with Crippen molar-refractivity contribution in [2.75, 3.05) is 13.2 Å². The molecule has 1 aromatic heterocycles. The highest BCUT2D eigenvalue weighted by molar-refractivity contribution is 7.92. The molecule has 0 spiro atoms. The topological polar surface area (TPSA) is 116 Å². The van der Waals surface area contributed by atoms with Gasteiger partial charge >= 0.3 is 11.8 Å². The van der Waals surface area contributed by atoms with Gasteiger partial charge in [-0.3, -0.25) is 9.59 Å². The van der Waals surface area contributed by atoms with Gasteiger partial charge in [0.05, 0.1) is 4.88 Å². The lowest BCUT2D eigenvalue weighted by Gasteiger charge is -2.28. The number of thiophene rings is 1. The van der Waals surface area contributed by atoms with E-state index in [4.69, 9.17) is 10.5 Å². The Hall–Kier alpha value is -1.59. The second-order valence-electron chi connectivity index (χ2n) is 4.93. The van der Waals surface area contributed by atoms with Gasteiger partial charge in [-0.05, 0) is 25.0 Å². The van der Waals surface area contributed by atoms with E-state index in [-0.39, 0.29) is 30.9 Å².